The van der Waals surface area contributed by atoms with Crippen LogP contribution in [0.25, 0.3) is 0 Å². The molecule has 0 heterocycles. The molecule has 0 aromatic heterocycles. The van der Waals surface area contributed by atoms with Gasteiger partial charge in [0.2, 0.25) is 0 Å². The summed E-state index contributed by atoms with van der Waals surface area (Å²) in [6, 6.07) is 9.36. The lowest BCUT2D eigenvalue weighted by molar-refractivity contribution is 0.146. The zero-order valence-electron chi connectivity index (χ0n) is 11.3. The van der Waals surface area contributed by atoms with Crippen molar-refractivity contribution >= 4 is 14.0 Å². The second-order valence-electron chi connectivity index (χ2n) is 4.42. The third-order valence-electron chi connectivity index (χ3n) is 2.33. The van der Waals surface area contributed by atoms with Crippen LogP contribution in [0.15, 0.2) is 35.5 Å². The molecule has 0 spiro atoms. The van der Waals surface area contributed by atoms with Crippen LogP contribution in [0.3, 0.4) is 0 Å². The molecule has 0 bridgehead atoms. The highest BCUT2D eigenvalue weighted by atomic mass is 31.1. The molecule has 0 saturated heterocycles. The molecule has 2 unspecified atom stereocenters. The van der Waals surface area contributed by atoms with E-state index in [0.29, 0.717) is 12.1 Å². The van der Waals surface area contributed by atoms with Crippen LogP contribution in [-0.4, -0.2) is 17.0 Å². The van der Waals surface area contributed by atoms with E-state index in [1.807, 2.05) is 30.3 Å². The molecule has 1 aromatic carbocycles. The number of oxime groups is 1. The van der Waals surface area contributed by atoms with Gasteiger partial charge in [-0.2, -0.15) is 0 Å². The van der Waals surface area contributed by atoms with E-state index < -0.39 is 14.4 Å². The molecule has 0 saturated carbocycles. The fourth-order valence-electron chi connectivity index (χ4n) is 1.49. The first-order chi connectivity index (χ1) is 9.02. The predicted molar refractivity (Wildman–Crippen MR) is 73.6 cm³/mol. The van der Waals surface area contributed by atoms with Crippen molar-refractivity contribution in [3.63, 3.8) is 0 Å². The lowest BCUT2D eigenvalue weighted by Gasteiger charge is -2.10. The van der Waals surface area contributed by atoms with Gasteiger partial charge in [-0.15, -0.1) is 9.05 Å². The highest BCUT2D eigenvalue weighted by Gasteiger charge is 2.30. The van der Waals surface area contributed by atoms with E-state index in [2.05, 4.69) is 5.16 Å². The Kier molecular flexibility index (Phi) is 6.64. The summed E-state index contributed by atoms with van der Waals surface area (Å²) in [6.07, 6.45) is -0.282. The lowest BCUT2D eigenvalue weighted by Crippen LogP contribution is -2.07. The second kappa shape index (κ2) is 8.00. The molecule has 0 amide bonds. The number of hydrogen-bond acceptors (Lipinski definition) is 5. The number of nitrogens with zero attached hydrogens (tertiary/aromatic N) is 1. The van der Waals surface area contributed by atoms with Crippen molar-refractivity contribution in [2.45, 2.75) is 39.4 Å². The molecule has 0 aliphatic heterocycles. The Balaban J connectivity index is 2.78. The smallest absolute Gasteiger partial charge is 0.411 e. The predicted octanol–water partition coefficient (Wildman–Crippen LogP) is 4.07. The summed E-state index contributed by atoms with van der Waals surface area (Å²) in [4.78, 5) is 0. The first kappa shape index (κ1) is 15.8. The molecule has 5 nitrogen and oxygen atoms in total. The van der Waals surface area contributed by atoms with Crippen LogP contribution >= 0.6 is 8.25 Å². The van der Waals surface area contributed by atoms with E-state index in [-0.39, 0.29) is 6.10 Å². The first-order valence-electron chi connectivity index (χ1n) is 6.06. The number of benzene rings is 1. The molecule has 0 radical (unpaired) electrons. The van der Waals surface area contributed by atoms with Crippen LogP contribution in [0.2, 0.25) is 0 Å². The Bertz CT molecular complexity index is 434. The molecule has 6 heteroatoms. The summed E-state index contributed by atoms with van der Waals surface area (Å²) in [5.41, 5.74) is 1.36. The second-order valence-corrected chi connectivity index (χ2v) is 5.29. The lowest BCUT2D eigenvalue weighted by atomic mass is 10.0. The minimum Gasteiger partial charge on any atom is -0.411 e. The van der Waals surface area contributed by atoms with Gasteiger partial charge >= 0.3 is 8.25 Å². The molecule has 1 N–H and O–H groups in total. The fraction of sp³-hybridized carbons (Fsp3) is 0.462. The van der Waals surface area contributed by atoms with E-state index >= 15 is 0 Å². The normalized spacial score (nSPS) is 14.5. The minimum atomic E-state index is -2.21. The Morgan fingerprint density at radius 3 is 2.47 bits per heavy atom. The summed E-state index contributed by atoms with van der Waals surface area (Å²) >= 11 is 0. The van der Waals surface area contributed by atoms with E-state index in [1.165, 1.54) is 0 Å². The van der Waals surface area contributed by atoms with Crippen LogP contribution in [0.4, 0.5) is 0 Å². The summed E-state index contributed by atoms with van der Waals surface area (Å²) in [5.74, 6) is 0. The fourth-order valence-corrected chi connectivity index (χ4v) is 2.29. The molecule has 19 heavy (non-hydrogen) atoms. The van der Waals surface area contributed by atoms with Crippen LogP contribution in [-0.2, 0) is 13.6 Å². The van der Waals surface area contributed by atoms with Crippen molar-refractivity contribution in [3.8, 4) is 0 Å². The summed E-state index contributed by atoms with van der Waals surface area (Å²) in [7, 11) is -2.21. The molecular weight excluding hydrogens is 265 g/mol. The van der Waals surface area contributed by atoms with Crippen molar-refractivity contribution in [3.05, 3.63) is 35.9 Å². The summed E-state index contributed by atoms with van der Waals surface area (Å²) in [5, 5.41) is 11.9. The maximum absolute atomic E-state index is 11.7. The molecule has 104 valence electrons. The molecule has 2 atom stereocenters. The Morgan fingerprint density at radius 1 is 1.32 bits per heavy atom. The summed E-state index contributed by atoms with van der Waals surface area (Å²) in [6.45, 7) is 5.25. The van der Waals surface area contributed by atoms with E-state index in [0.717, 1.165) is 5.56 Å². The molecular formula is C13H19NO4P+. The molecule has 1 rings (SSSR count). The van der Waals surface area contributed by atoms with Gasteiger partial charge in [-0.05, 0) is 26.3 Å². The first-order valence-corrected chi connectivity index (χ1v) is 7.15. The van der Waals surface area contributed by atoms with Crippen molar-refractivity contribution in [2.75, 3.05) is 0 Å². The molecule has 0 aliphatic carbocycles. The zero-order valence-corrected chi connectivity index (χ0v) is 12.2. The van der Waals surface area contributed by atoms with Crippen molar-refractivity contribution < 1.29 is 18.8 Å². The third-order valence-corrected chi connectivity index (χ3v) is 3.35. The van der Waals surface area contributed by atoms with E-state index in [4.69, 9.17) is 14.3 Å². The van der Waals surface area contributed by atoms with Crippen LogP contribution < -0.4 is 0 Å². The van der Waals surface area contributed by atoms with Crippen LogP contribution in [0, 0.1) is 0 Å². The van der Waals surface area contributed by atoms with Crippen molar-refractivity contribution in [1.29, 1.82) is 0 Å². The monoisotopic (exact) mass is 284 g/mol. The van der Waals surface area contributed by atoms with Gasteiger partial charge in [0, 0.05) is 11.0 Å². The van der Waals surface area contributed by atoms with Gasteiger partial charge in [-0.3, -0.25) is 0 Å². The SMILES string of the molecule is CC(CC(O[P+](=O)OC(C)C)c1ccccc1)=NO. The average Bonchev–Trinajstić information content (AvgIpc) is 2.37. The highest BCUT2D eigenvalue weighted by Crippen LogP contribution is 2.36. The third kappa shape index (κ3) is 5.92. The van der Waals surface area contributed by atoms with Gasteiger partial charge < -0.3 is 5.21 Å². The standard InChI is InChI=1S/C13H18NO4P/c1-10(2)17-19(16)18-13(9-11(3)14-15)12-7-5-4-6-8-12/h4-8,10,13H,9H2,1-3H3/p+1. The van der Waals surface area contributed by atoms with Crippen LogP contribution in [0.5, 0.6) is 0 Å². The van der Waals surface area contributed by atoms with Gasteiger partial charge in [-0.1, -0.05) is 35.5 Å². The maximum Gasteiger partial charge on any atom is 0.698 e. The zero-order chi connectivity index (χ0) is 14.3. The maximum atomic E-state index is 11.7. The Morgan fingerprint density at radius 2 is 1.95 bits per heavy atom. The molecule has 0 fully saturated rings. The average molecular weight is 284 g/mol. The Hall–Kier alpha value is -1.29. The molecule has 0 aliphatic rings. The van der Waals surface area contributed by atoms with Crippen molar-refractivity contribution in [1.82, 2.24) is 0 Å². The van der Waals surface area contributed by atoms with Gasteiger partial charge in [0.25, 0.3) is 0 Å². The van der Waals surface area contributed by atoms with E-state index in [1.54, 1.807) is 20.8 Å². The highest BCUT2D eigenvalue weighted by molar-refractivity contribution is 7.33. The number of hydrogen-bond donors (Lipinski definition) is 1. The van der Waals surface area contributed by atoms with Gasteiger partial charge in [-0.25, -0.2) is 0 Å². The van der Waals surface area contributed by atoms with Crippen molar-refractivity contribution in [2.24, 2.45) is 5.16 Å². The Labute approximate surface area is 114 Å². The quantitative estimate of drug-likeness (QED) is 0.355. The van der Waals surface area contributed by atoms with Gasteiger partial charge in [0.15, 0.2) is 0 Å². The van der Waals surface area contributed by atoms with Crippen LogP contribution in [0.1, 0.15) is 38.9 Å². The molecule has 1 aromatic rings. The largest absolute Gasteiger partial charge is 0.698 e. The van der Waals surface area contributed by atoms with Gasteiger partial charge in [0.05, 0.1) is 5.71 Å². The topological polar surface area (TPSA) is 68.1 Å². The minimum absolute atomic E-state index is 0.173. The summed E-state index contributed by atoms with van der Waals surface area (Å²) < 4.78 is 22.2. The van der Waals surface area contributed by atoms with Gasteiger partial charge in [0.1, 0.15) is 12.2 Å². The number of rotatable bonds is 7. The van der Waals surface area contributed by atoms with E-state index in [9.17, 15) is 4.57 Å².